The van der Waals surface area contributed by atoms with Crippen LogP contribution in [0.1, 0.15) is 271 Å². The Kier molecular flexibility index (Phi) is 43.4. The van der Waals surface area contributed by atoms with Gasteiger partial charge in [0.2, 0.25) is 5.91 Å². The summed E-state index contributed by atoms with van der Waals surface area (Å²) in [6, 6.07) is -0.751. The molecular weight excluding hydrogens is 768 g/mol. The van der Waals surface area contributed by atoms with Crippen molar-refractivity contribution in [3.05, 3.63) is 0 Å². The number of amides is 1. The maximum atomic E-state index is 12.7. The van der Waals surface area contributed by atoms with Crippen LogP contribution in [0.25, 0.3) is 0 Å². The van der Waals surface area contributed by atoms with Crippen LogP contribution in [0.3, 0.4) is 0 Å². The van der Waals surface area contributed by atoms with E-state index in [-0.39, 0.29) is 19.1 Å². The molecule has 0 aromatic carbocycles. The maximum Gasteiger partial charge on any atom is 0.472 e. The van der Waals surface area contributed by atoms with Gasteiger partial charge in [-0.25, -0.2) is 4.57 Å². The highest BCUT2D eigenvalue weighted by Gasteiger charge is 2.28. The minimum atomic E-state index is -4.30. The summed E-state index contributed by atoms with van der Waals surface area (Å²) in [5.41, 5.74) is 0. The lowest BCUT2D eigenvalue weighted by atomic mass is 10.0. The largest absolute Gasteiger partial charge is 0.472 e. The number of aliphatic hydroxyl groups is 1. The molecule has 60 heavy (non-hydrogen) atoms. The van der Waals surface area contributed by atoms with E-state index in [1.807, 2.05) is 21.1 Å². The van der Waals surface area contributed by atoms with Crippen LogP contribution in [0.15, 0.2) is 0 Å². The van der Waals surface area contributed by atoms with Crippen molar-refractivity contribution < 1.29 is 32.9 Å². The average Bonchev–Trinajstić information content (AvgIpc) is 3.20. The third-order valence-electron chi connectivity index (χ3n) is 12.4. The minimum absolute atomic E-state index is 0.0777. The Bertz CT molecular complexity index is 947. The van der Waals surface area contributed by atoms with Gasteiger partial charge in [-0.1, -0.05) is 251 Å². The zero-order valence-corrected chi connectivity index (χ0v) is 41.9. The van der Waals surface area contributed by atoms with Gasteiger partial charge in [0.05, 0.1) is 39.9 Å². The molecule has 3 unspecified atom stereocenters. The van der Waals surface area contributed by atoms with Gasteiger partial charge in [-0.2, -0.15) is 0 Å². The molecule has 360 valence electrons. The fourth-order valence-electron chi connectivity index (χ4n) is 8.17. The molecule has 0 heterocycles. The Morgan fingerprint density at radius 3 is 1.12 bits per heavy atom. The normalized spacial score (nSPS) is 14.1. The lowest BCUT2D eigenvalue weighted by Crippen LogP contribution is -2.46. The number of nitrogens with zero attached hydrogens (tertiary/aromatic N) is 1. The molecule has 0 bridgehead atoms. The molecule has 3 N–H and O–H groups in total. The third kappa shape index (κ3) is 45.5. The number of hydrogen-bond acceptors (Lipinski definition) is 5. The Labute approximate surface area is 374 Å². The van der Waals surface area contributed by atoms with Gasteiger partial charge >= 0.3 is 7.82 Å². The van der Waals surface area contributed by atoms with E-state index in [1.165, 1.54) is 193 Å². The number of likely N-dealkylation sites (N-methyl/N-ethyl adjacent to an activating group) is 1. The highest BCUT2D eigenvalue weighted by molar-refractivity contribution is 7.47. The van der Waals surface area contributed by atoms with E-state index in [4.69, 9.17) is 9.05 Å². The molecule has 0 aliphatic heterocycles. The van der Waals surface area contributed by atoms with Gasteiger partial charge in [-0.15, -0.1) is 0 Å². The number of rotatable bonds is 49. The summed E-state index contributed by atoms with van der Waals surface area (Å²) in [5.74, 6) is -0.154. The van der Waals surface area contributed by atoms with Gasteiger partial charge in [-0.3, -0.25) is 13.8 Å². The van der Waals surface area contributed by atoms with Crippen molar-refractivity contribution >= 4 is 13.7 Å². The lowest BCUT2D eigenvalue weighted by Gasteiger charge is -2.26. The summed E-state index contributed by atoms with van der Waals surface area (Å²) in [6.07, 6.45) is 50.8. The van der Waals surface area contributed by atoms with E-state index in [0.29, 0.717) is 23.9 Å². The topological polar surface area (TPSA) is 105 Å². The van der Waals surface area contributed by atoms with Gasteiger partial charge in [-0.05, 0) is 12.8 Å². The summed E-state index contributed by atoms with van der Waals surface area (Å²) in [7, 11) is 1.63. The number of hydrogen-bond donors (Lipinski definition) is 3. The molecular formula is C51H106N2O6P+. The van der Waals surface area contributed by atoms with Crippen molar-refractivity contribution in [3.63, 3.8) is 0 Å². The highest BCUT2D eigenvalue weighted by atomic mass is 31.2. The van der Waals surface area contributed by atoms with Gasteiger partial charge in [0.25, 0.3) is 0 Å². The zero-order valence-electron chi connectivity index (χ0n) is 41.0. The van der Waals surface area contributed by atoms with E-state index in [2.05, 4.69) is 19.2 Å². The molecule has 0 aromatic heterocycles. The van der Waals surface area contributed by atoms with Crippen LogP contribution in [0, 0.1) is 0 Å². The highest BCUT2D eigenvalue weighted by Crippen LogP contribution is 2.43. The molecule has 0 rings (SSSR count). The molecule has 0 aliphatic rings. The third-order valence-corrected chi connectivity index (χ3v) is 13.3. The number of quaternary nitrogens is 1. The molecule has 0 fully saturated rings. The zero-order chi connectivity index (χ0) is 44.3. The van der Waals surface area contributed by atoms with Crippen LogP contribution in [0.2, 0.25) is 0 Å². The summed E-state index contributed by atoms with van der Waals surface area (Å²) in [6.45, 7) is 4.83. The first-order chi connectivity index (χ1) is 29.0. The number of nitrogens with one attached hydrogen (secondary N) is 1. The molecule has 0 saturated carbocycles. The Balaban J connectivity index is 3.76. The second-order valence-electron chi connectivity index (χ2n) is 19.6. The number of aliphatic hydroxyl groups excluding tert-OH is 1. The molecule has 9 heteroatoms. The van der Waals surface area contributed by atoms with E-state index in [0.717, 1.165) is 51.4 Å². The number of carbonyl (C=O) groups is 1. The van der Waals surface area contributed by atoms with E-state index in [1.54, 1.807) is 0 Å². The molecule has 0 saturated heterocycles. The van der Waals surface area contributed by atoms with Crippen molar-refractivity contribution in [1.29, 1.82) is 0 Å². The molecule has 0 aromatic rings. The fourth-order valence-corrected chi connectivity index (χ4v) is 8.90. The minimum Gasteiger partial charge on any atom is -0.391 e. The van der Waals surface area contributed by atoms with Crippen molar-refractivity contribution in [2.45, 2.75) is 283 Å². The first kappa shape index (κ1) is 59.5. The Morgan fingerprint density at radius 2 is 0.800 bits per heavy atom. The first-order valence-electron chi connectivity index (χ1n) is 26.4. The van der Waals surface area contributed by atoms with Crippen LogP contribution in [-0.2, 0) is 18.4 Å². The van der Waals surface area contributed by atoms with Gasteiger partial charge in [0.1, 0.15) is 13.2 Å². The van der Waals surface area contributed by atoms with Crippen LogP contribution >= 0.6 is 7.82 Å². The fraction of sp³-hybridized carbons (Fsp3) is 0.980. The van der Waals surface area contributed by atoms with E-state index in [9.17, 15) is 19.4 Å². The lowest BCUT2D eigenvalue weighted by molar-refractivity contribution is -0.870. The monoisotopic (exact) mass is 874 g/mol. The van der Waals surface area contributed by atoms with Crippen molar-refractivity contribution in [3.8, 4) is 0 Å². The van der Waals surface area contributed by atoms with E-state index >= 15 is 0 Å². The standard InChI is InChI=1S/C51H105N2O6P/c1-6-8-10-12-13-14-15-16-17-18-19-20-21-22-23-24-25-26-27-28-29-30-31-32-33-34-35-36-37-38-39-41-42-44-50(54)49(52-51(55)45-43-40-11-9-7-2)48-59-60(56,57)58-47-46-53(3,4)5/h49-50,54H,6-48H2,1-5H3,(H-,52,55,56,57)/p+1. The Hall–Kier alpha value is -0.500. The van der Waals surface area contributed by atoms with E-state index < -0.39 is 20.0 Å². The summed E-state index contributed by atoms with van der Waals surface area (Å²) < 4.78 is 23.5. The first-order valence-corrected chi connectivity index (χ1v) is 27.9. The van der Waals surface area contributed by atoms with Crippen LogP contribution in [0.5, 0.6) is 0 Å². The summed E-state index contributed by atoms with van der Waals surface area (Å²) in [5, 5.41) is 13.9. The molecule has 0 aliphatic carbocycles. The summed E-state index contributed by atoms with van der Waals surface area (Å²) >= 11 is 0. The average molecular weight is 874 g/mol. The second kappa shape index (κ2) is 43.7. The van der Waals surface area contributed by atoms with Gasteiger partial charge in [0, 0.05) is 6.42 Å². The van der Waals surface area contributed by atoms with Crippen LogP contribution in [-0.4, -0.2) is 73.4 Å². The van der Waals surface area contributed by atoms with Crippen molar-refractivity contribution in [2.75, 3.05) is 40.9 Å². The van der Waals surface area contributed by atoms with Gasteiger partial charge < -0.3 is 19.8 Å². The Morgan fingerprint density at radius 1 is 0.500 bits per heavy atom. The number of unbranched alkanes of at least 4 members (excludes halogenated alkanes) is 36. The molecule has 1 amide bonds. The van der Waals surface area contributed by atoms with Crippen LogP contribution < -0.4 is 5.32 Å². The maximum absolute atomic E-state index is 12.7. The molecule has 8 nitrogen and oxygen atoms in total. The van der Waals surface area contributed by atoms with Crippen LogP contribution in [0.4, 0.5) is 0 Å². The second-order valence-corrected chi connectivity index (χ2v) is 21.1. The number of phosphoric ester groups is 1. The SMILES string of the molecule is CCCCCCCCCCCCCCCCCCCCCCCCCCCCCCCCCCCC(O)C(COP(=O)(O)OCC[N+](C)(C)C)NC(=O)CCCCCCC. The van der Waals surface area contributed by atoms with Crippen molar-refractivity contribution in [1.82, 2.24) is 5.32 Å². The molecule has 0 radical (unpaired) electrons. The predicted octanol–water partition coefficient (Wildman–Crippen LogP) is 15.3. The van der Waals surface area contributed by atoms with Gasteiger partial charge in [0.15, 0.2) is 0 Å². The molecule has 0 spiro atoms. The predicted molar refractivity (Wildman–Crippen MR) is 259 cm³/mol. The number of carbonyl (C=O) groups excluding carboxylic acids is 1. The number of phosphoric acid groups is 1. The quantitative estimate of drug-likeness (QED) is 0.0319. The summed E-state index contributed by atoms with van der Waals surface area (Å²) in [4.78, 5) is 22.9. The van der Waals surface area contributed by atoms with Crippen molar-refractivity contribution in [2.24, 2.45) is 0 Å². The molecule has 3 atom stereocenters. The smallest absolute Gasteiger partial charge is 0.391 e.